The molecule has 5 nitrogen and oxygen atoms in total. The summed E-state index contributed by atoms with van der Waals surface area (Å²) >= 11 is 0. The molecule has 2 aromatic rings. The zero-order valence-electron chi connectivity index (χ0n) is 14.3. The lowest BCUT2D eigenvalue weighted by Crippen LogP contribution is -2.22. The van der Waals surface area contributed by atoms with E-state index < -0.39 is 0 Å². The summed E-state index contributed by atoms with van der Waals surface area (Å²) in [6, 6.07) is 14.4. The summed E-state index contributed by atoms with van der Waals surface area (Å²) in [5.41, 5.74) is 2.29. The number of benzene rings is 2. The molecule has 0 aromatic heterocycles. The number of anilines is 2. The minimum absolute atomic E-state index is 0.258. The van der Waals surface area contributed by atoms with E-state index in [1.54, 1.807) is 12.1 Å². The molecule has 6 heteroatoms. The molecule has 0 radical (unpaired) electrons. The van der Waals surface area contributed by atoms with Crippen LogP contribution in [0.1, 0.15) is 30.9 Å². The molecule has 1 saturated heterocycles. The van der Waals surface area contributed by atoms with Gasteiger partial charge in [-0.1, -0.05) is 35.5 Å². The number of oxime groups is 1. The average molecular weight is 353 g/mol. The fourth-order valence-electron chi connectivity index (χ4n) is 3.36. The maximum absolute atomic E-state index is 14.4. The molecule has 4 rings (SSSR count). The Kier molecular flexibility index (Phi) is 4.56. The predicted octanol–water partition coefficient (Wildman–Crippen LogP) is 3.88. The maximum Gasteiger partial charge on any atom is 0.273 e. The van der Waals surface area contributed by atoms with E-state index in [0.717, 1.165) is 31.5 Å². The second kappa shape index (κ2) is 7.15. The lowest BCUT2D eigenvalue weighted by atomic mass is 10.0. The van der Waals surface area contributed by atoms with Gasteiger partial charge in [0, 0.05) is 25.2 Å². The maximum atomic E-state index is 14.4. The number of carbonyl (C=O) groups is 1. The summed E-state index contributed by atoms with van der Waals surface area (Å²) in [6.07, 6.45) is 2.30. The summed E-state index contributed by atoms with van der Waals surface area (Å²) in [7, 11) is 0. The molecule has 1 N–H and O–H groups in total. The quantitative estimate of drug-likeness (QED) is 0.907. The van der Waals surface area contributed by atoms with E-state index in [0.29, 0.717) is 23.5 Å². The van der Waals surface area contributed by atoms with Crippen molar-refractivity contribution in [1.29, 1.82) is 0 Å². The van der Waals surface area contributed by atoms with Gasteiger partial charge < -0.3 is 15.1 Å². The van der Waals surface area contributed by atoms with Crippen molar-refractivity contribution in [2.45, 2.75) is 25.4 Å². The van der Waals surface area contributed by atoms with Gasteiger partial charge in [-0.2, -0.15) is 0 Å². The Hall–Kier alpha value is -2.89. The van der Waals surface area contributed by atoms with Crippen molar-refractivity contribution >= 4 is 23.0 Å². The average Bonchev–Trinajstić information content (AvgIpc) is 3.35. The van der Waals surface area contributed by atoms with Crippen LogP contribution in [0.5, 0.6) is 0 Å². The van der Waals surface area contributed by atoms with Gasteiger partial charge in [0.05, 0.1) is 5.69 Å². The summed E-state index contributed by atoms with van der Waals surface area (Å²) in [5.74, 6) is -0.687. The van der Waals surface area contributed by atoms with E-state index >= 15 is 0 Å². The Morgan fingerprint density at radius 2 is 1.92 bits per heavy atom. The molecule has 0 bridgehead atoms. The fraction of sp³-hybridized carbons (Fsp3) is 0.300. The van der Waals surface area contributed by atoms with E-state index in [4.69, 9.17) is 4.84 Å². The van der Waals surface area contributed by atoms with Crippen LogP contribution in [0.2, 0.25) is 0 Å². The van der Waals surface area contributed by atoms with Crippen molar-refractivity contribution in [2.24, 2.45) is 5.16 Å². The van der Waals surface area contributed by atoms with E-state index in [2.05, 4.69) is 10.5 Å². The monoisotopic (exact) mass is 353 g/mol. The highest BCUT2D eigenvalue weighted by Crippen LogP contribution is 2.28. The van der Waals surface area contributed by atoms with Gasteiger partial charge in [0.2, 0.25) is 0 Å². The van der Waals surface area contributed by atoms with Crippen LogP contribution in [-0.4, -0.2) is 24.7 Å². The Morgan fingerprint density at radius 3 is 2.65 bits per heavy atom. The van der Waals surface area contributed by atoms with Gasteiger partial charge in [-0.05, 0) is 36.6 Å². The summed E-state index contributed by atoms with van der Waals surface area (Å²) in [4.78, 5) is 19.8. The van der Waals surface area contributed by atoms with Crippen molar-refractivity contribution < 1.29 is 14.0 Å². The van der Waals surface area contributed by atoms with Crippen LogP contribution in [0.25, 0.3) is 0 Å². The lowest BCUT2D eigenvalue weighted by molar-refractivity contribution is -0.110. The highest BCUT2D eigenvalue weighted by atomic mass is 19.1. The molecule has 0 saturated carbocycles. The lowest BCUT2D eigenvalue weighted by Gasteiger charge is -2.18. The highest BCUT2D eigenvalue weighted by molar-refractivity contribution is 6.43. The molecule has 26 heavy (non-hydrogen) atoms. The molecule has 134 valence electrons. The highest BCUT2D eigenvalue weighted by Gasteiger charge is 2.27. The standard InChI is InChI=1S/C20H20FN3O2/c21-16-12-15(8-9-18(16)24-10-4-5-11-24)22-20(25)17-13-19(26-23-17)14-6-2-1-3-7-14/h1-3,6-9,12,19H,4-5,10-11,13H2,(H,22,25). The Labute approximate surface area is 151 Å². The first-order valence-electron chi connectivity index (χ1n) is 8.84. The Bertz CT molecular complexity index is 832. The Morgan fingerprint density at radius 1 is 1.15 bits per heavy atom. The minimum atomic E-state index is -0.364. The van der Waals surface area contributed by atoms with Gasteiger partial charge >= 0.3 is 0 Å². The largest absolute Gasteiger partial charge is 0.387 e. The summed E-state index contributed by atoms with van der Waals surface area (Å²) in [5, 5.41) is 6.60. The zero-order valence-corrected chi connectivity index (χ0v) is 14.3. The van der Waals surface area contributed by atoms with Gasteiger partial charge in [-0.15, -0.1) is 0 Å². The first-order chi connectivity index (χ1) is 12.7. The third-order valence-corrected chi connectivity index (χ3v) is 4.75. The summed E-state index contributed by atoms with van der Waals surface area (Å²) < 4.78 is 14.4. The number of amides is 1. The molecule has 0 spiro atoms. The predicted molar refractivity (Wildman–Crippen MR) is 98.8 cm³/mol. The van der Waals surface area contributed by atoms with Crippen LogP contribution in [0.15, 0.2) is 53.7 Å². The van der Waals surface area contributed by atoms with Crippen LogP contribution in [0, 0.1) is 5.82 Å². The molecular formula is C20H20FN3O2. The van der Waals surface area contributed by atoms with Gasteiger partial charge in [0.1, 0.15) is 11.5 Å². The minimum Gasteiger partial charge on any atom is -0.387 e. The van der Waals surface area contributed by atoms with Crippen molar-refractivity contribution in [3.63, 3.8) is 0 Å². The van der Waals surface area contributed by atoms with E-state index in [1.165, 1.54) is 6.07 Å². The molecule has 2 heterocycles. The number of nitrogens with one attached hydrogen (secondary N) is 1. The molecule has 1 atom stereocenters. The van der Waals surface area contributed by atoms with Gasteiger partial charge in [-0.3, -0.25) is 4.79 Å². The third kappa shape index (κ3) is 3.40. The second-order valence-electron chi connectivity index (χ2n) is 6.56. The smallest absolute Gasteiger partial charge is 0.273 e. The number of nitrogens with zero attached hydrogens (tertiary/aromatic N) is 2. The van der Waals surface area contributed by atoms with Crippen molar-refractivity contribution in [1.82, 2.24) is 0 Å². The zero-order chi connectivity index (χ0) is 17.9. The van der Waals surface area contributed by atoms with Crippen LogP contribution in [0.4, 0.5) is 15.8 Å². The van der Waals surface area contributed by atoms with E-state index in [1.807, 2.05) is 35.2 Å². The van der Waals surface area contributed by atoms with Crippen molar-refractivity contribution in [3.8, 4) is 0 Å². The van der Waals surface area contributed by atoms with Gasteiger partial charge in [-0.25, -0.2) is 4.39 Å². The van der Waals surface area contributed by atoms with Crippen molar-refractivity contribution in [2.75, 3.05) is 23.3 Å². The van der Waals surface area contributed by atoms with Gasteiger partial charge in [0.25, 0.3) is 5.91 Å². The third-order valence-electron chi connectivity index (χ3n) is 4.75. The van der Waals surface area contributed by atoms with Crippen LogP contribution in [0.3, 0.4) is 0 Å². The molecule has 1 fully saturated rings. The second-order valence-corrected chi connectivity index (χ2v) is 6.56. The van der Waals surface area contributed by atoms with E-state index in [9.17, 15) is 9.18 Å². The number of carbonyl (C=O) groups excluding carboxylic acids is 1. The Balaban J connectivity index is 1.40. The topological polar surface area (TPSA) is 53.9 Å². The molecule has 1 amide bonds. The number of halogens is 1. The first kappa shape index (κ1) is 16.6. The molecule has 2 aromatic carbocycles. The molecule has 0 aliphatic carbocycles. The molecular weight excluding hydrogens is 333 g/mol. The molecule has 2 aliphatic heterocycles. The van der Waals surface area contributed by atoms with Crippen LogP contribution >= 0.6 is 0 Å². The SMILES string of the molecule is O=C(Nc1ccc(N2CCCC2)c(F)c1)C1=NOC(c2ccccc2)C1. The van der Waals surface area contributed by atoms with Crippen LogP contribution < -0.4 is 10.2 Å². The molecule has 1 unspecified atom stereocenters. The number of hydrogen-bond donors (Lipinski definition) is 1. The summed E-state index contributed by atoms with van der Waals surface area (Å²) in [6.45, 7) is 1.75. The fourth-order valence-corrected chi connectivity index (χ4v) is 3.36. The van der Waals surface area contributed by atoms with Gasteiger partial charge in [0.15, 0.2) is 6.10 Å². The number of hydrogen-bond acceptors (Lipinski definition) is 4. The number of rotatable bonds is 4. The normalized spacial score (nSPS) is 19.2. The molecule has 2 aliphatic rings. The first-order valence-corrected chi connectivity index (χ1v) is 8.84. The van der Waals surface area contributed by atoms with E-state index in [-0.39, 0.29) is 17.8 Å². The van der Waals surface area contributed by atoms with Crippen molar-refractivity contribution in [3.05, 3.63) is 59.9 Å². The van der Waals surface area contributed by atoms with Crippen LogP contribution in [-0.2, 0) is 9.63 Å².